The number of aromatic amines is 2. The van der Waals surface area contributed by atoms with Crippen molar-refractivity contribution in [2.75, 3.05) is 38.6 Å². The quantitative estimate of drug-likeness (QED) is 0.231. The van der Waals surface area contributed by atoms with Crippen LogP contribution in [0.3, 0.4) is 0 Å². The van der Waals surface area contributed by atoms with Gasteiger partial charge in [0, 0.05) is 18.8 Å². The summed E-state index contributed by atoms with van der Waals surface area (Å²) in [6.07, 6.45) is 2.17. The predicted octanol–water partition coefficient (Wildman–Crippen LogP) is 3.39. The van der Waals surface area contributed by atoms with E-state index in [0.29, 0.717) is 27.8 Å². The standard InChI is InChI=1S/C32H36N6O5/c1-17-11-18(2)28(19(3)12-17)43-16-21(39)15-34-24-5-8-33-30(40)27(24)29-35-25-13-22-23(14-26(25)36-29)32(42)38(31(22)41)20-6-9-37(4)10-7-20/h5,8,11-14,20-21,39H,6-7,9-10,15-16H2,1-4H3,(H,35,36)(H2,33,34,40)/t21-/m1/s1. The Bertz CT molecular complexity index is 1710. The van der Waals surface area contributed by atoms with Gasteiger partial charge < -0.3 is 30.0 Å². The van der Waals surface area contributed by atoms with Crippen LogP contribution in [0.1, 0.15) is 50.2 Å². The number of imide groups is 1. The van der Waals surface area contributed by atoms with Crippen LogP contribution in [0.4, 0.5) is 5.69 Å². The molecule has 6 rings (SSSR count). The molecule has 4 aromatic rings. The van der Waals surface area contributed by atoms with Crippen molar-refractivity contribution in [1.29, 1.82) is 0 Å². The number of fused-ring (bicyclic) bond motifs is 2. The number of piperidine rings is 1. The molecule has 2 aliphatic rings. The van der Waals surface area contributed by atoms with Crippen LogP contribution in [-0.2, 0) is 0 Å². The van der Waals surface area contributed by atoms with Crippen molar-refractivity contribution in [3.63, 3.8) is 0 Å². The first-order chi connectivity index (χ1) is 20.6. The van der Waals surface area contributed by atoms with Crippen molar-refractivity contribution in [2.45, 2.75) is 45.8 Å². The third kappa shape index (κ3) is 5.41. The Morgan fingerprint density at radius 3 is 2.42 bits per heavy atom. The highest BCUT2D eigenvalue weighted by atomic mass is 16.5. The number of carbonyl (C=O) groups is 2. The normalized spacial score (nSPS) is 16.6. The molecule has 2 aromatic heterocycles. The predicted molar refractivity (Wildman–Crippen MR) is 164 cm³/mol. The lowest BCUT2D eigenvalue weighted by molar-refractivity contribution is 0.0516. The number of nitrogens with one attached hydrogen (secondary N) is 3. The van der Waals surface area contributed by atoms with Gasteiger partial charge in [0.15, 0.2) is 0 Å². The summed E-state index contributed by atoms with van der Waals surface area (Å²) in [5, 5.41) is 13.8. The smallest absolute Gasteiger partial charge is 0.261 e. The maximum atomic E-state index is 13.3. The SMILES string of the molecule is Cc1cc(C)c(OC[C@H](O)CNc2cc[nH]c(=O)c2-c2nc3cc4c(cc3[nH]2)C(=O)N(C2CCN(C)CC2)C4=O)c(C)c1. The number of pyridine rings is 1. The second kappa shape index (κ2) is 11.3. The molecule has 1 saturated heterocycles. The van der Waals surface area contributed by atoms with Crippen LogP contribution < -0.4 is 15.6 Å². The number of nitrogens with zero attached hydrogens (tertiary/aromatic N) is 3. The van der Waals surface area contributed by atoms with Crippen LogP contribution in [0.2, 0.25) is 0 Å². The molecule has 0 unspecified atom stereocenters. The summed E-state index contributed by atoms with van der Waals surface area (Å²) in [5.74, 6) is 0.446. The molecule has 1 fully saturated rings. The number of benzene rings is 2. The van der Waals surface area contributed by atoms with Crippen LogP contribution in [0.5, 0.6) is 5.75 Å². The second-order valence-electron chi connectivity index (χ2n) is 11.7. The molecule has 0 saturated carbocycles. The van der Waals surface area contributed by atoms with E-state index in [9.17, 15) is 19.5 Å². The van der Waals surface area contributed by atoms with E-state index in [-0.39, 0.29) is 48.0 Å². The highest BCUT2D eigenvalue weighted by Crippen LogP contribution is 2.33. The van der Waals surface area contributed by atoms with E-state index < -0.39 is 6.10 Å². The van der Waals surface area contributed by atoms with E-state index >= 15 is 0 Å². The molecule has 0 bridgehead atoms. The van der Waals surface area contributed by atoms with Crippen molar-refractivity contribution >= 4 is 28.5 Å². The fourth-order valence-electron chi connectivity index (χ4n) is 6.19. The Hall–Kier alpha value is -4.48. The maximum Gasteiger partial charge on any atom is 0.261 e. The van der Waals surface area contributed by atoms with E-state index in [1.54, 1.807) is 18.2 Å². The van der Waals surface area contributed by atoms with E-state index in [4.69, 9.17) is 4.74 Å². The molecule has 0 radical (unpaired) electrons. The van der Waals surface area contributed by atoms with Crippen molar-refractivity contribution in [3.05, 3.63) is 74.7 Å². The Kier molecular flexibility index (Phi) is 7.53. The number of hydrogen-bond donors (Lipinski definition) is 4. The third-order valence-electron chi connectivity index (χ3n) is 8.32. The number of imidazole rings is 1. The number of hydrogen-bond acceptors (Lipinski definition) is 8. The average Bonchev–Trinajstić information content (AvgIpc) is 3.48. The zero-order chi connectivity index (χ0) is 30.4. The number of carbonyl (C=O) groups excluding carboxylic acids is 2. The van der Waals surface area contributed by atoms with Gasteiger partial charge in [-0.05, 0) is 83.1 Å². The zero-order valence-corrected chi connectivity index (χ0v) is 24.8. The van der Waals surface area contributed by atoms with Crippen LogP contribution in [0.25, 0.3) is 22.4 Å². The van der Waals surface area contributed by atoms with Gasteiger partial charge >= 0.3 is 0 Å². The average molecular weight is 585 g/mol. The minimum atomic E-state index is -0.851. The zero-order valence-electron chi connectivity index (χ0n) is 24.8. The lowest BCUT2D eigenvalue weighted by Crippen LogP contribution is -2.46. The molecule has 2 aromatic carbocycles. The largest absolute Gasteiger partial charge is 0.490 e. The number of H-pyrrole nitrogens is 2. The van der Waals surface area contributed by atoms with Gasteiger partial charge in [0.25, 0.3) is 17.4 Å². The maximum absolute atomic E-state index is 13.3. The first-order valence-electron chi connectivity index (χ1n) is 14.6. The molecule has 1 atom stereocenters. The number of aliphatic hydroxyl groups excluding tert-OH is 1. The summed E-state index contributed by atoms with van der Waals surface area (Å²) < 4.78 is 5.92. The highest BCUT2D eigenvalue weighted by molar-refractivity contribution is 6.23. The van der Waals surface area contributed by atoms with E-state index in [1.807, 2.05) is 40.0 Å². The minimum Gasteiger partial charge on any atom is -0.490 e. The molecule has 43 heavy (non-hydrogen) atoms. The van der Waals surface area contributed by atoms with Gasteiger partial charge in [-0.2, -0.15) is 0 Å². The Morgan fingerprint density at radius 1 is 1.05 bits per heavy atom. The molecule has 0 spiro atoms. The molecule has 4 N–H and O–H groups in total. The molecule has 4 heterocycles. The summed E-state index contributed by atoms with van der Waals surface area (Å²) >= 11 is 0. The van der Waals surface area contributed by atoms with Gasteiger partial charge in [-0.3, -0.25) is 19.3 Å². The van der Waals surface area contributed by atoms with Crippen molar-refractivity contribution in [2.24, 2.45) is 0 Å². The summed E-state index contributed by atoms with van der Waals surface area (Å²) in [5.41, 5.74) is 5.19. The topological polar surface area (TPSA) is 144 Å². The first kappa shape index (κ1) is 28.6. The van der Waals surface area contributed by atoms with Gasteiger partial charge in [0.1, 0.15) is 29.8 Å². The number of rotatable bonds is 8. The second-order valence-corrected chi connectivity index (χ2v) is 11.7. The number of ether oxygens (including phenoxy) is 1. The summed E-state index contributed by atoms with van der Waals surface area (Å²) in [6.45, 7) is 7.85. The fourth-order valence-corrected chi connectivity index (χ4v) is 6.19. The first-order valence-corrected chi connectivity index (χ1v) is 14.6. The summed E-state index contributed by atoms with van der Waals surface area (Å²) in [4.78, 5) is 53.7. The molecule has 11 nitrogen and oxygen atoms in total. The van der Waals surface area contributed by atoms with Crippen LogP contribution in [0, 0.1) is 20.8 Å². The number of aromatic nitrogens is 3. The number of aliphatic hydroxyl groups is 1. The third-order valence-corrected chi connectivity index (χ3v) is 8.32. The number of aryl methyl sites for hydroxylation is 3. The molecular weight excluding hydrogens is 548 g/mol. The molecule has 0 aliphatic carbocycles. The Labute approximate surface area is 248 Å². The molecule has 11 heteroatoms. The van der Waals surface area contributed by atoms with Gasteiger partial charge in [-0.15, -0.1) is 0 Å². The Morgan fingerprint density at radius 2 is 1.72 bits per heavy atom. The number of anilines is 1. The highest BCUT2D eigenvalue weighted by Gasteiger charge is 2.41. The number of amides is 2. The monoisotopic (exact) mass is 584 g/mol. The van der Waals surface area contributed by atoms with Gasteiger partial charge in [0.05, 0.1) is 27.8 Å². The Balaban J connectivity index is 1.20. The van der Waals surface area contributed by atoms with Gasteiger partial charge in [-0.25, -0.2) is 4.98 Å². The van der Waals surface area contributed by atoms with E-state index in [0.717, 1.165) is 48.4 Å². The van der Waals surface area contributed by atoms with Gasteiger partial charge in [-0.1, -0.05) is 17.7 Å². The van der Waals surface area contributed by atoms with E-state index in [2.05, 4.69) is 25.2 Å². The fraction of sp³-hybridized carbons (Fsp3) is 0.375. The van der Waals surface area contributed by atoms with Gasteiger partial charge in [0.2, 0.25) is 0 Å². The number of likely N-dealkylation sites (tertiary alicyclic amines) is 1. The van der Waals surface area contributed by atoms with E-state index in [1.165, 1.54) is 11.1 Å². The van der Waals surface area contributed by atoms with Crippen molar-refractivity contribution in [1.82, 2.24) is 24.8 Å². The molecular formula is C32H36N6O5. The lowest BCUT2D eigenvalue weighted by Gasteiger charge is -2.33. The van der Waals surface area contributed by atoms with Crippen LogP contribution >= 0.6 is 0 Å². The van der Waals surface area contributed by atoms with Crippen LogP contribution in [-0.4, -0.2) is 87.1 Å². The van der Waals surface area contributed by atoms with Crippen molar-refractivity contribution in [3.8, 4) is 17.1 Å². The summed E-state index contributed by atoms with van der Waals surface area (Å²) in [7, 11) is 2.04. The van der Waals surface area contributed by atoms with Crippen LogP contribution in [0.15, 0.2) is 41.3 Å². The summed E-state index contributed by atoms with van der Waals surface area (Å²) in [6, 6.07) is 8.92. The molecule has 2 aliphatic heterocycles. The molecule has 224 valence electrons. The molecule has 2 amide bonds. The lowest BCUT2D eigenvalue weighted by atomic mass is 10.0. The minimum absolute atomic E-state index is 0.0725. The van der Waals surface area contributed by atoms with Crippen molar-refractivity contribution < 1.29 is 19.4 Å².